The standard InChI is InChI=1S/C35H49NO5/c1-4-5-6-7-8-9-10-11-12-13-14-15-16-20-25-36-32(28-23-24-29(40-2)30(26-28)41-3)31(34(38)35(36)39)33(37)27-21-18-17-19-22-27/h17-19,21-24,26,32,37H,4-16,20,25H2,1-3H3/b33-31+/t32-/m1/s1. The molecule has 0 aliphatic carbocycles. The molecule has 0 radical (unpaired) electrons. The average molecular weight is 564 g/mol. The molecule has 1 saturated heterocycles. The number of ketones is 1. The van der Waals surface area contributed by atoms with Crippen molar-refractivity contribution in [2.45, 2.75) is 103 Å². The second-order valence-electron chi connectivity index (χ2n) is 11.1. The lowest BCUT2D eigenvalue weighted by Gasteiger charge is -2.26. The number of hydrogen-bond donors (Lipinski definition) is 1. The van der Waals surface area contributed by atoms with Crippen molar-refractivity contribution < 1.29 is 24.2 Å². The molecule has 1 aliphatic rings. The van der Waals surface area contributed by atoms with Gasteiger partial charge in [-0.2, -0.15) is 0 Å². The van der Waals surface area contributed by atoms with Gasteiger partial charge in [0.05, 0.1) is 25.8 Å². The van der Waals surface area contributed by atoms with E-state index in [1.54, 1.807) is 55.5 Å². The molecule has 0 unspecified atom stereocenters. The fourth-order valence-electron chi connectivity index (χ4n) is 5.71. The maximum atomic E-state index is 13.3. The molecule has 1 fully saturated rings. The molecule has 3 rings (SSSR count). The summed E-state index contributed by atoms with van der Waals surface area (Å²) in [5.41, 5.74) is 1.32. The number of likely N-dealkylation sites (tertiary alicyclic amines) is 1. The first-order valence-electron chi connectivity index (χ1n) is 15.6. The maximum absolute atomic E-state index is 13.3. The van der Waals surface area contributed by atoms with Crippen molar-refractivity contribution >= 4 is 17.4 Å². The van der Waals surface area contributed by atoms with Crippen LogP contribution in [-0.2, 0) is 9.59 Å². The number of carbonyl (C=O) groups is 2. The van der Waals surface area contributed by atoms with Crippen molar-refractivity contribution in [2.24, 2.45) is 0 Å². The maximum Gasteiger partial charge on any atom is 0.295 e. The van der Waals surface area contributed by atoms with Gasteiger partial charge >= 0.3 is 0 Å². The molecule has 1 heterocycles. The van der Waals surface area contributed by atoms with Crippen molar-refractivity contribution in [3.05, 3.63) is 65.2 Å². The topological polar surface area (TPSA) is 76.1 Å². The van der Waals surface area contributed by atoms with Crippen LogP contribution in [0, 0.1) is 0 Å². The number of aliphatic hydroxyl groups is 1. The summed E-state index contributed by atoms with van der Waals surface area (Å²) in [6, 6.07) is 13.6. The van der Waals surface area contributed by atoms with Crippen LogP contribution in [0.1, 0.15) is 114 Å². The number of ether oxygens (including phenoxy) is 2. The van der Waals surface area contributed by atoms with Gasteiger partial charge in [-0.1, -0.05) is 127 Å². The zero-order chi connectivity index (χ0) is 29.5. The van der Waals surface area contributed by atoms with Crippen molar-refractivity contribution in [2.75, 3.05) is 20.8 Å². The minimum Gasteiger partial charge on any atom is -0.507 e. The van der Waals surface area contributed by atoms with Crippen LogP contribution in [0.25, 0.3) is 5.76 Å². The first kappa shape index (κ1) is 32.2. The Morgan fingerprint density at radius 1 is 0.732 bits per heavy atom. The minimum atomic E-state index is -0.697. The van der Waals surface area contributed by atoms with Crippen LogP contribution >= 0.6 is 0 Å². The molecule has 0 aromatic heterocycles. The van der Waals surface area contributed by atoms with E-state index < -0.39 is 17.7 Å². The molecule has 1 amide bonds. The van der Waals surface area contributed by atoms with E-state index in [2.05, 4.69) is 6.92 Å². The number of nitrogens with zero attached hydrogens (tertiary/aromatic N) is 1. The highest BCUT2D eigenvalue weighted by Gasteiger charge is 2.46. The number of rotatable bonds is 19. The fraction of sp³-hybridized carbons (Fsp3) is 0.543. The molecule has 0 spiro atoms. The largest absolute Gasteiger partial charge is 0.507 e. The molecule has 0 bridgehead atoms. The molecule has 0 saturated carbocycles. The Bertz CT molecular complexity index is 1130. The number of methoxy groups -OCH3 is 2. The summed E-state index contributed by atoms with van der Waals surface area (Å²) in [4.78, 5) is 28.1. The molecule has 1 N–H and O–H groups in total. The van der Waals surface area contributed by atoms with E-state index in [-0.39, 0.29) is 11.3 Å². The van der Waals surface area contributed by atoms with Crippen LogP contribution < -0.4 is 9.47 Å². The van der Waals surface area contributed by atoms with Gasteiger partial charge in [0.15, 0.2) is 11.5 Å². The Balaban J connectivity index is 1.59. The van der Waals surface area contributed by atoms with E-state index in [0.717, 1.165) is 19.3 Å². The van der Waals surface area contributed by atoms with Crippen LogP contribution in [0.4, 0.5) is 0 Å². The van der Waals surface area contributed by atoms with Crippen molar-refractivity contribution in [1.82, 2.24) is 4.90 Å². The van der Waals surface area contributed by atoms with Crippen LogP contribution in [0.5, 0.6) is 11.5 Å². The summed E-state index contributed by atoms with van der Waals surface area (Å²) < 4.78 is 10.9. The van der Waals surface area contributed by atoms with Crippen LogP contribution in [-0.4, -0.2) is 42.5 Å². The predicted molar refractivity (Wildman–Crippen MR) is 165 cm³/mol. The Kier molecular flexibility index (Phi) is 13.8. The first-order chi connectivity index (χ1) is 20.0. The summed E-state index contributed by atoms with van der Waals surface area (Å²) in [6.45, 7) is 2.71. The molecule has 6 nitrogen and oxygen atoms in total. The van der Waals surface area contributed by atoms with E-state index in [0.29, 0.717) is 29.2 Å². The van der Waals surface area contributed by atoms with Gasteiger partial charge in [0.25, 0.3) is 11.7 Å². The Morgan fingerprint density at radius 3 is 1.80 bits per heavy atom. The fourth-order valence-corrected chi connectivity index (χ4v) is 5.71. The summed E-state index contributed by atoms with van der Waals surface area (Å²) >= 11 is 0. The van der Waals surface area contributed by atoms with E-state index in [1.165, 1.54) is 70.6 Å². The van der Waals surface area contributed by atoms with Crippen LogP contribution in [0.2, 0.25) is 0 Å². The third kappa shape index (κ3) is 9.11. The first-order valence-corrected chi connectivity index (χ1v) is 15.6. The smallest absolute Gasteiger partial charge is 0.295 e. The molecular formula is C35H49NO5. The second kappa shape index (κ2) is 17.5. The van der Waals surface area contributed by atoms with E-state index >= 15 is 0 Å². The third-order valence-electron chi connectivity index (χ3n) is 8.06. The van der Waals surface area contributed by atoms with Gasteiger partial charge in [0, 0.05) is 12.1 Å². The molecule has 6 heteroatoms. The van der Waals surface area contributed by atoms with E-state index in [1.807, 2.05) is 12.1 Å². The number of amides is 1. The lowest BCUT2D eigenvalue weighted by Crippen LogP contribution is -2.30. The number of unbranched alkanes of at least 4 members (excludes halogenated alkanes) is 13. The molecule has 2 aromatic rings. The quantitative estimate of drug-likeness (QED) is 0.0801. The highest BCUT2D eigenvalue weighted by Crippen LogP contribution is 2.42. The second-order valence-corrected chi connectivity index (χ2v) is 11.1. The molecule has 2 aromatic carbocycles. The highest BCUT2D eigenvalue weighted by atomic mass is 16.5. The number of hydrogen-bond acceptors (Lipinski definition) is 5. The Morgan fingerprint density at radius 2 is 1.27 bits per heavy atom. The highest BCUT2D eigenvalue weighted by molar-refractivity contribution is 6.46. The zero-order valence-corrected chi connectivity index (χ0v) is 25.3. The zero-order valence-electron chi connectivity index (χ0n) is 25.3. The monoisotopic (exact) mass is 563 g/mol. The predicted octanol–water partition coefficient (Wildman–Crippen LogP) is 8.61. The number of Topliss-reactive ketones (excluding diaryl/α,β-unsaturated/α-hetero) is 1. The molecule has 1 aliphatic heterocycles. The molecular weight excluding hydrogens is 514 g/mol. The van der Waals surface area contributed by atoms with Crippen molar-refractivity contribution in [1.29, 1.82) is 0 Å². The van der Waals surface area contributed by atoms with Crippen LogP contribution in [0.3, 0.4) is 0 Å². The number of carbonyl (C=O) groups excluding carboxylic acids is 2. The summed E-state index contributed by atoms with van der Waals surface area (Å²) in [5.74, 6) is -0.323. The summed E-state index contributed by atoms with van der Waals surface area (Å²) in [5, 5.41) is 11.2. The van der Waals surface area contributed by atoms with Gasteiger partial charge in [-0.25, -0.2) is 0 Å². The normalized spacial score (nSPS) is 16.4. The lowest BCUT2D eigenvalue weighted by atomic mass is 9.95. The van der Waals surface area contributed by atoms with Gasteiger partial charge in [0.2, 0.25) is 0 Å². The van der Waals surface area contributed by atoms with Gasteiger partial charge < -0.3 is 19.5 Å². The van der Waals surface area contributed by atoms with Crippen LogP contribution in [0.15, 0.2) is 54.1 Å². The summed E-state index contributed by atoms with van der Waals surface area (Å²) in [6.07, 6.45) is 17.5. The molecule has 41 heavy (non-hydrogen) atoms. The van der Waals surface area contributed by atoms with E-state index in [4.69, 9.17) is 9.47 Å². The number of aliphatic hydroxyl groups excluding tert-OH is 1. The van der Waals surface area contributed by atoms with Crippen molar-refractivity contribution in [3.8, 4) is 11.5 Å². The van der Waals surface area contributed by atoms with E-state index in [9.17, 15) is 14.7 Å². The van der Waals surface area contributed by atoms with Gasteiger partial charge in [-0.15, -0.1) is 0 Å². The Hall–Kier alpha value is -3.28. The van der Waals surface area contributed by atoms with Gasteiger partial charge in [0.1, 0.15) is 5.76 Å². The lowest BCUT2D eigenvalue weighted by molar-refractivity contribution is -0.139. The minimum absolute atomic E-state index is 0.110. The molecule has 224 valence electrons. The SMILES string of the molecule is CCCCCCCCCCCCCCCCN1C(=O)C(=O)/C(=C(/O)c2ccccc2)[C@H]1c1ccc(OC)c(OC)c1. The Labute approximate surface area is 246 Å². The average Bonchev–Trinajstić information content (AvgIpc) is 3.25. The van der Waals surface area contributed by atoms with Crippen molar-refractivity contribution in [3.63, 3.8) is 0 Å². The summed E-state index contributed by atoms with van der Waals surface area (Å²) in [7, 11) is 3.12. The van der Waals surface area contributed by atoms with Gasteiger partial charge in [-0.3, -0.25) is 9.59 Å². The molecule has 1 atom stereocenters. The van der Waals surface area contributed by atoms with Gasteiger partial charge in [-0.05, 0) is 24.1 Å². The third-order valence-corrected chi connectivity index (χ3v) is 8.06. The number of benzene rings is 2.